The number of ether oxygens (including phenoxy) is 1. The fraction of sp³-hybridized carbons (Fsp3) is 0.556. The molecule has 1 saturated heterocycles. The maximum atomic E-state index is 12.5. The lowest BCUT2D eigenvalue weighted by atomic mass is 9.92. The molecule has 6 nitrogen and oxygen atoms in total. The van der Waals surface area contributed by atoms with Crippen molar-refractivity contribution >= 4 is 17.6 Å². The Kier molecular flexibility index (Phi) is 5.16. The van der Waals surface area contributed by atoms with Gasteiger partial charge >= 0.3 is 5.97 Å². The summed E-state index contributed by atoms with van der Waals surface area (Å²) in [5.41, 5.74) is 8.22. The summed E-state index contributed by atoms with van der Waals surface area (Å²) in [6.07, 6.45) is 1.91. The SMILES string of the molecule is CC(C)C1NNCC1C(=O)OCC(=O)N1CCCc2ccccc21. The summed E-state index contributed by atoms with van der Waals surface area (Å²) in [5, 5.41) is 0. The van der Waals surface area contributed by atoms with Gasteiger partial charge in [-0.3, -0.25) is 20.4 Å². The Morgan fingerprint density at radius 3 is 2.92 bits per heavy atom. The van der Waals surface area contributed by atoms with Crippen LogP contribution in [-0.2, 0) is 20.7 Å². The van der Waals surface area contributed by atoms with Crippen molar-refractivity contribution in [2.45, 2.75) is 32.7 Å². The zero-order valence-electron chi connectivity index (χ0n) is 14.2. The highest BCUT2D eigenvalue weighted by Crippen LogP contribution is 2.26. The zero-order valence-corrected chi connectivity index (χ0v) is 14.2. The van der Waals surface area contributed by atoms with E-state index >= 15 is 0 Å². The lowest BCUT2D eigenvalue weighted by Gasteiger charge is -2.29. The Balaban J connectivity index is 1.59. The number of hydrogen-bond donors (Lipinski definition) is 2. The van der Waals surface area contributed by atoms with E-state index in [2.05, 4.69) is 24.7 Å². The quantitative estimate of drug-likeness (QED) is 0.813. The smallest absolute Gasteiger partial charge is 0.312 e. The van der Waals surface area contributed by atoms with Crippen molar-refractivity contribution in [1.82, 2.24) is 10.9 Å². The van der Waals surface area contributed by atoms with E-state index < -0.39 is 0 Å². The van der Waals surface area contributed by atoms with Crippen LogP contribution in [0.4, 0.5) is 5.69 Å². The number of rotatable bonds is 4. The van der Waals surface area contributed by atoms with Crippen LogP contribution in [0.5, 0.6) is 0 Å². The average molecular weight is 331 g/mol. The molecule has 130 valence electrons. The van der Waals surface area contributed by atoms with Gasteiger partial charge in [-0.25, -0.2) is 0 Å². The molecule has 0 radical (unpaired) electrons. The fourth-order valence-corrected chi connectivity index (χ4v) is 3.49. The molecule has 2 N–H and O–H groups in total. The highest BCUT2D eigenvalue weighted by Gasteiger charge is 2.36. The minimum atomic E-state index is -0.315. The molecule has 2 atom stereocenters. The lowest BCUT2D eigenvalue weighted by molar-refractivity contribution is -0.152. The summed E-state index contributed by atoms with van der Waals surface area (Å²) in [4.78, 5) is 26.6. The summed E-state index contributed by atoms with van der Waals surface area (Å²) in [5.74, 6) is -0.422. The van der Waals surface area contributed by atoms with Crippen LogP contribution in [0, 0.1) is 11.8 Å². The standard InChI is InChI=1S/C18H25N3O3/c1-12(2)17-14(10-19-20-17)18(23)24-11-16(22)21-9-5-7-13-6-3-4-8-15(13)21/h3-4,6,8,12,14,17,19-20H,5,7,9-11H2,1-2H3. The third-order valence-corrected chi connectivity index (χ3v) is 4.79. The van der Waals surface area contributed by atoms with Crippen molar-refractivity contribution in [2.24, 2.45) is 11.8 Å². The first kappa shape index (κ1) is 16.9. The predicted molar refractivity (Wildman–Crippen MR) is 91.3 cm³/mol. The Morgan fingerprint density at radius 2 is 2.12 bits per heavy atom. The molecule has 2 heterocycles. The monoisotopic (exact) mass is 331 g/mol. The van der Waals surface area contributed by atoms with E-state index in [0.29, 0.717) is 19.0 Å². The van der Waals surface area contributed by atoms with Crippen LogP contribution in [0.2, 0.25) is 0 Å². The molecule has 2 unspecified atom stereocenters. The van der Waals surface area contributed by atoms with Crippen molar-refractivity contribution in [1.29, 1.82) is 0 Å². The van der Waals surface area contributed by atoms with Gasteiger partial charge < -0.3 is 9.64 Å². The molecule has 1 fully saturated rings. The fourth-order valence-electron chi connectivity index (χ4n) is 3.49. The number of benzene rings is 1. The molecular formula is C18H25N3O3. The van der Waals surface area contributed by atoms with Crippen molar-refractivity contribution in [3.63, 3.8) is 0 Å². The van der Waals surface area contributed by atoms with Crippen LogP contribution >= 0.6 is 0 Å². The highest BCUT2D eigenvalue weighted by molar-refractivity contribution is 5.96. The van der Waals surface area contributed by atoms with Gasteiger partial charge in [-0.15, -0.1) is 0 Å². The van der Waals surface area contributed by atoms with Crippen LogP contribution < -0.4 is 15.8 Å². The number of amides is 1. The molecule has 24 heavy (non-hydrogen) atoms. The van der Waals surface area contributed by atoms with E-state index in [0.717, 1.165) is 18.5 Å². The minimum absolute atomic E-state index is 0.0308. The van der Waals surface area contributed by atoms with Crippen LogP contribution in [0.25, 0.3) is 0 Å². The second-order valence-corrected chi connectivity index (χ2v) is 6.79. The van der Waals surface area contributed by atoms with Crippen LogP contribution in [0.3, 0.4) is 0 Å². The van der Waals surface area contributed by atoms with Crippen molar-refractivity contribution in [3.8, 4) is 0 Å². The third kappa shape index (κ3) is 3.44. The van der Waals surface area contributed by atoms with Gasteiger partial charge in [-0.2, -0.15) is 0 Å². The molecular weight excluding hydrogens is 306 g/mol. The average Bonchev–Trinajstić information content (AvgIpc) is 3.09. The predicted octanol–water partition coefficient (Wildman–Crippen LogP) is 1.26. The number of carbonyl (C=O) groups is 2. The first-order chi connectivity index (χ1) is 11.6. The topological polar surface area (TPSA) is 70.7 Å². The molecule has 0 bridgehead atoms. The zero-order chi connectivity index (χ0) is 17.1. The van der Waals surface area contributed by atoms with Gasteiger partial charge in [0.25, 0.3) is 5.91 Å². The normalized spacial score (nSPS) is 23.2. The first-order valence-corrected chi connectivity index (χ1v) is 8.61. The number of nitrogens with zero attached hydrogens (tertiary/aromatic N) is 1. The van der Waals surface area contributed by atoms with E-state index in [9.17, 15) is 9.59 Å². The summed E-state index contributed by atoms with van der Waals surface area (Å²) < 4.78 is 5.33. The second kappa shape index (κ2) is 7.32. The first-order valence-electron chi connectivity index (χ1n) is 8.61. The molecule has 2 aliphatic rings. The maximum Gasteiger partial charge on any atom is 0.312 e. The Labute approximate surface area is 142 Å². The van der Waals surface area contributed by atoms with Crippen LogP contribution in [0.1, 0.15) is 25.8 Å². The van der Waals surface area contributed by atoms with Gasteiger partial charge in [0.15, 0.2) is 6.61 Å². The van der Waals surface area contributed by atoms with Crippen LogP contribution in [0.15, 0.2) is 24.3 Å². The van der Waals surface area contributed by atoms with E-state index in [1.807, 2.05) is 24.3 Å². The summed E-state index contributed by atoms with van der Waals surface area (Å²) in [7, 11) is 0. The number of nitrogens with one attached hydrogen (secondary N) is 2. The number of hydrazine groups is 1. The number of hydrogen-bond acceptors (Lipinski definition) is 5. The molecule has 3 rings (SSSR count). The van der Waals surface area contributed by atoms with Gasteiger partial charge in [-0.1, -0.05) is 32.0 Å². The molecule has 2 aliphatic heterocycles. The number of carbonyl (C=O) groups excluding carboxylic acids is 2. The summed E-state index contributed by atoms with van der Waals surface area (Å²) in [6.45, 7) is 5.12. The van der Waals surface area contributed by atoms with Gasteiger partial charge in [-0.05, 0) is 30.4 Å². The molecule has 0 saturated carbocycles. The Bertz CT molecular complexity index is 617. The van der Waals surface area contributed by atoms with E-state index in [-0.39, 0.29) is 30.4 Å². The van der Waals surface area contributed by atoms with Gasteiger partial charge in [0.2, 0.25) is 0 Å². The second-order valence-electron chi connectivity index (χ2n) is 6.79. The molecule has 0 aromatic heterocycles. The summed E-state index contributed by atoms with van der Waals surface area (Å²) in [6, 6.07) is 7.94. The number of aryl methyl sites for hydroxylation is 1. The number of para-hydroxylation sites is 1. The third-order valence-electron chi connectivity index (χ3n) is 4.79. The van der Waals surface area contributed by atoms with Gasteiger partial charge in [0.1, 0.15) is 0 Å². The van der Waals surface area contributed by atoms with E-state index in [1.54, 1.807) is 4.90 Å². The van der Waals surface area contributed by atoms with E-state index in [4.69, 9.17) is 4.74 Å². The minimum Gasteiger partial charge on any atom is -0.455 e. The Morgan fingerprint density at radius 1 is 1.33 bits per heavy atom. The maximum absolute atomic E-state index is 12.5. The van der Waals surface area contributed by atoms with Gasteiger partial charge in [0.05, 0.1) is 5.92 Å². The van der Waals surface area contributed by atoms with E-state index in [1.165, 1.54) is 5.56 Å². The largest absolute Gasteiger partial charge is 0.455 e. The van der Waals surface area contributed by atoms with Crippen molar-refractivity contribution in [2.75, 3.05) is 24.6 Å². The molecule has 0 aliphatic carbocycles. The molecule has 1 aromatic rings. The molecule has 1 amide bonds. The summed E-state index contributed by atoms with van der Waals surface area (Å²) >= 11 is 0. The highest BCUT2D eigenvalue weighted by atomic mass is 16.5. The van der Waals surface area contributed by atoms with Gasteiger partial charge in [0, 0.05) is 24.8 Å². The Hall–Kier alpha value is -1.92. The molecule has 1 aromatic carbocycles. The lowest BCUT2D eigenvalue weighted by Crippen LogP contribution is -2.41. The van der Waals surface area contributed by atoms with Crippen molar-refractivity contribution in [3.05, 3.63) is 29.8 Å². The van der Waals surface area contributed by atoms with Crippen molar-refractivity contribution < 1.29 is 14.3 Å². The van der Waals surface area contributed by atoms with Crippen LogP contribution in [-0.4, -0.2) is 37.6 Å². The molecule has 6 heteroatoms. The number of anilines is 1. The number of esters is 1. The molecule has 0 spiro atoms. The number of fused-ring (bicyclic) bond motifs is 1.